The first-order valence-corrected chi connectivity index (χ1v) is 8.64. The highest BCUT2D eigenvalue weighted by molar-refractivity contribution is 7.88. The standard InChI is InChI=1S/C8H17NO5S2/c1-15(10,11)9-5-3-8(4-6-9)7-14-16(2,12)13/h8H,3-7H2,1-2H3. The topological polar surface area (TPSA) is 80.8 Å². The van der Waals surface area contributed by atoms with Gasteiger partial charge in [0.05, 0.1) is 19.1 Å². The van der Waals surface area contributed by atoms with Crippen molar-refractivity contribution in [1.82, 2.24) is 4.31 Å². The van der Waals surface area contributed by atoms with Gasteiger partial charge in [-0.05, 0) is 18.8 Å². The van der Waals surface area contributed by atoms with Gasteiger partial charge in [-0.15, -0.1) is 0 Å². The average molecular weight is 271 g/mol. The summed E-state index contributed by atoms with van der Waals surface area (Å²) in [5, 5.41) is 0. The molecule has 0 bridgehead atoms. The van der Waals surface area contributed by atoms with Crippen molar-refractivity contribution in [3.63, 3.8) is 0 Å². The molecular formula is C8H17NO5S2. The highest BCUT2D eigenvalue weighted by atomic mass is 32.2. The summed E-state index contributed by atoms with van der Waals surface area (Å²) in [6.07, 6.45) is 3.48. The van der Waals surface area contributed by atoms with E-state index in [2.05, 4.69) is 0 Å². The molecule has 0 aliphatic carbocycles. The molecule has 0 radical (unpaired) electrons. The summed E-state index contributed by atoms with van der Waals surface area (Å²) in [4.78, 5) is 0. The fraction of sp³-hybridized carbons (Fsp3) is 1.00. The second-order valence-electron chi connectivity index (χ2n) is 4.09. The molecule has 0 unspecified atom stereocenters. The van der Waals surface area contributed by atoms with Crippen LogP contribution >= 0.6 is 0 Å². The Morgan fingerprint density at radius 3 is 2.00 bits per heavy atom. The molecule has 1 rings (SSSR count). The van der Waals surface area contributed by atoms with Gasteiger partial charge in [0, 0.05) is 13.1 Å². The highest BCUT2D eigenvalue weighted by Gasteiger charge is 2.25. The van der Waals surface area contributed by atoms with E-state index in [-0.39, 0.29) is 12.5 Å². The first-order valence-electron chi connectivity index (χ1n) is 4.98. The van der Waals surface area contributed by atoms with E-state index >= 15 is 0 Å². The monoisotopic (exact) mass is 271 g/mol. The maximum absolute atomic E-state index is 11.2. The third-order valence-corrected chi connectivity index (χ3v) is 4.43. The largest absolute Gasteiger partial charge is 0.270 e. The van der Waals surface area contributed by atoms with Crippen LogP contribution in [0.3, 0.4) is 0 Å². The van der Waals surface area contributed by atoms with Gasteiger partial charge in [-0.1, -0.05) is 0 Å². The summed E-state index contributed by atoms with van der Waals surface area (Å²) in [6, 6.07) is 0. The summed E-state index contributed by atoms with van der Waals surface area (Å²) in [7, 11) is -6.52. The van der Waals surface area contributed by atoms with Crippen LogP contribution in [0.15, 0.2) is 0 Å². The Labute approximate surface area is 96.8 Å². The number of nitrogens with zero attached hydrogens (tertiary/aromatic N) is 1. The fourth-order valence-electron chi connectivity index (χ4n) is 1.63. The van der Waals surface area contributed by atoms with Gasteiger partial charge < -0.3 is 0 Å². The zero-order valence-corrected chi connectivity index (χ0v) is 11.1. The normalized spacial score (nSPS) is 21.1. The molecule has 0 aromatic rings. The molecule has 0 spiro atoms. The van der Waals surface area contributed by atoms with Crippen molar-refractivity contribution in [2.45, 2.75) is 12.8 Å². The lowest BCUT2D eigenvalue weighted by Crippen LogP contribution is -2.38. The maximum Gasteiger partial charge on any atom is 0.264 e. The minimum absolute atomic E-state index is 0.118. The lowest BCUT2D eigenvalue weighted by molar-refractivity contribution is 0.191. The second kappa shape index (κ2) is 4.99. The minimum Gasteiger partial charge on any atom is -0.270 e. The molecule has 1 aliphatic heterocycles. The van der Waals surface area contributed by atoms with Crippen LogP contribution in [0.1, 0.15) is 12.8 Å². The van der Waals surface area contributed by atoms with Crippen LogP contribution < -0.4 is 0 Å². The van der Waals surface area contributed by atoms with Crippen LogP contribution in [-0.2, 0) is 24.3 Å². The van der Waals surface area contributed by atoms with E-state index in [0.717, 1.165) is 6.26 Å². The zero-order chi connectivity index (χ0) is 12.4. The molecule has 0 N–H and O–H groups in total. The lowest BCUT2D eigenvalue weighted by atomic mass is 10.00. The maximum atomic E-state index is 11.2. The van der Waals surface area contributed by atoms with Crippen LogP contribution in [0.5, 0.6) is 0 Å². The molecule has 16 heavy (non-hydrogen) atoms. The molecule has 96 valence electrons. The van der Waals surface area contributed by atoms with E-state index in [4.69, 9.17) is 4.18 Å². The van der Waals surface area contributed by atoms with Gasteiger partial charge in [0.25, 0.3) is 10.1 Å². The quantitative estimate of drug-likeness (QED) is 0.652. The lowest BCUT2D eigenvalue weighted by Gasteiger charge is -2.29. The Morgan fingerprint density at radius 2 is 1.62 bits per heavy atom. The third-order valence-electron chi connectivity index (χ3n) is 2.56. The van der Waals surface area contributed by atoms with Gasteiger partial charge >= 0.3 is 0 Å². The number of sulfonamides is 1. The van der Waals surface area contributed by atoms with Crippen LogP contribution in [0, 0.1) is 5.92 Å². The number of rotatable bonds is 4. The first-order chi connectivity index (χ1) is 7.18. The molecule has 1 aliphatic rings. The third kappa shape index (κ3) is 4.77. The van der Waals surface area contributed by atoms with Gasteiger partial charge in [0.15, 0.2) is 0 Å². The van der Waals surface area contributed by atoms with Crippen molar-refractivity contribution in [2.24, 2.45) is 5.92 Å². The molecular weight excluding hydrogens is 254 g/mol. The van der Waals surface area contributed by atoms with Crippen LogP contribution in [-0.4, -0.2) is 53.3 Å². The smallest absolute Gasteiger partial charge is 0.264 e. The number of hydrogen-bond donors (Lipinski definition) is 0. The van der Waals surface area contributed by atoms with Gasteiger partial charge in [0.1, 0.15) is 0 Å². The second-order valence-corrected chi connectivity index (χ2v) is 7.72. The SMILES string of the molecule is CS(=O)(=O)OCC1CCN(S(C)(=O)=O)CC1. The molecule has 0 saturated carbocycles. The fourth-order valence-corrected chi connectivity index (χ4v) is 2.94. The van der Waals surface area contributed by atoms with E-state index in [1.165, 1.54) is 10.6 Å². The zero-order valence-electron chi connectivity index (χ0n) is 9.42. The first kappa shape index (κ1) is 13.9. The predicted octanol–water partition coefficient (Wildman–Crippen LogP) is -0.366. The van der Waals surface area contributed by atoms with Crippen LogP contribution in [0.25, 0.3) is 0 Å². The average Bonchev–Trinajstić information content (AvgIpc) is 2.13. The Kier molecular flexibility index (Phi) is 4.33. The summed E-state index contributed by atoms with van der Waals surface area (Å²) in [5.74, 6) is 0.118. The van der Waals surface area contributed by atoms with E-state index < -0.39 is 20.1 Å². The van der Waals surface area contributed by atoms with Gasteiger partial charge in [-0.25, -0.2) is 12.7 Å². The summed E-state index contributed by atoms with van der Waals surface area (Å²) in [5.41, 5.74) is 0. The minimum atomic E-state index is -3.40. The van der Waals surface area contributed by atoms with E-state index in [9.17, 15) is 16.8 Å². The Hall–Kier alpha value is -0.180. The van der Waals surface area contributed by atoms with Crippen molar-refractivity contribution >= 4 is 20.1 Å². The van der Waals surface area contributed by atoms with Crippen molar-refractivity contribution < 1.29 is 21.0 Å². The van der Waals surface area contributed by atoms with Crippen molar-refractivity contribution in [2.75, 3.05) is 32.2 Å². The van der Waals surface area contributed by atoms with Crippen molar-refractivity contribution in [1.29, 1.82) is 0 Å². The molecule has 0 atom stereocenters. The number of hydrogen-bond acceptors (Lipinski definition) is 5. The summed E-state index contributed by atoms with van der Waals surface area (Å²) >= 11 is 0. The molecule has 0 aromatic heterocycles. The Balaban J connectivity index is 2.39. The van der Waals surface area contributed by atoms with E-state index in [1.54, 1.807) is 0 Å². The molecule has 1 saturated heterocycles. The molecule has 8 heteroatoms. The van der Waals surface area contributed by atoms with Crippen molar-refractivity contribution in [3.05, 3.63) is 0 Å². The van der Waals surface area contributed by atoms with Gasteiger partial charge in [0.2, 0.25) is 10.0 Å². The van der Waals surface area contributed by atoms with Gasteiger partial charge in [-0.2, -0.15) is 8.42 Å². The molecule has 0 amide bonds. The Morgan fingerprint density at radius 1 is 1.12 bits per heavy atom. The van der Waals surface area contributed by atoms with Gasteiger partial charge in [-0.3, -0.25) is 4.18 Å². The number of piperidine rings is 1. The van der Waals surface area contributed by atoms with Crippen LogP contribution in [0.2, 0.25) is 0 Å². The molecule has 1 heterocycles. The van der Waals surface area contributed by atoms with Crippen LogP contribution in [0.4, 0.5) is 0 Å². The van der Waals surface area contributed by atoms with Crippen molar-refractivity contribution in [3.8, 4) is 0 Å². The molecule has 0 aromatic carbocycles. The highest BCUT2D eigenvalue weighted by Crippen LogP contribution is 2.19. The molecule has 1 fully saturated rings. The summed E-state index contributed by atoms with van der Waals surface area (Å²) in [6.45, 7) is 1.03. The predicted molar refractivity (Wildman–Crippen MR) is 59.9 cm³/mol. The molecule has 6 nitrogen and oxygen atoms in total. The summed E-state index contributed by atoms with van der Waals surface area (Å²) < 4.78 is 50.1. The Bertz CT molecular complexity index is 419. The van der Waals surface area contributed by atoms with E-state index in [1.807, 2.05) is 0 Å². The van der Waals surface area contributed by atoms with E-state index in [0.29, 0.717) is 25.9 Å².